The lowest BCUT2D eigenvalue weighted by Gasteiger charge is -2.10. The molecule has 2 aromatic heterocycles. The number of benzene rings is 1. The zero-order valence-corrected chi connectivity index (χ0v) is 14.1. The number of aromatic nitrogens is 4. The van der Waals surface area contributed by atoms with E-state index in [1.807, 2.05) is 0 Å². The summed E-state index contributed by atoms with van der Waals surface area (Å²) in [4.78, 5) is 24.1. The zero-order chi connectivity index (χ0) is 19.4. The SMILES string of the molecule is Cc1nccn1-c1cc(NC(=O)COc2cccc(C(F)(F)F)c2)ncn1. The van der Waals surface area contributed by atoms with Crippen molar-refractivity contribution in [2.75, 3.05) is 11.9 Å². The monoisotopic (exact) mass is 377 g/mol. The van der Waals surface area contributed by atoms with Crippen molar-refractivity contribution < 1.29 is 22.7 Å². The molecule has 27 heavy (non-hydrogen) atoms. The van der Waals surface area contributed by atoms with Crippen LogP contribution in [0.5, 0.6) is 5.75 Å². The molecule has 0 unspecified atom stereocenters. The lowest BCUT2D eigenvalue weighted by atomic mass is 10.2. The van der Waals surface area contributed by atoms with E-state index in [9.17, 15) is 18.0 Å². The van der Waals surface area contributed by atoms with Crippen molar-refractivity contribution in [3.05, 3.63) is 60.4 Å². The van der Waals surface area contributed by atoms with Crippen LogP contribution in [0.2, 0.25) is 0 Å². The highest BCUT2D eigenvalue weighted by molar-refractivity contribution is 5.91. The number of aryl methyl sites for hydroxylation is 1. The predicted octanol–water partition coefficient (Wildman–Crippen LogP) is 3.01. The van der Waals surface area contributed by atoms with Crippen LogP contribution in [0.3, 0.4) is 0 Å². The third kappa shape index (κ3) is 4.60. The van der Waals surface area contributed by atoms with Crippen LogP contribution in [0, 0.1) is 6.92 Å². The Morgan fingerprint density at radius 2 is 2.04 bits per heavy atom. The van der Waals surface area contributed by atoms with Crippen molar-refractivity contribution in [3.63, 3.8) is 0 Å². The minimum atomic E-state index is -4.48. The molecule has 0 aliphatic rings. The molecule has 1 aromatic carbocycles. The topological polar surface area (TPSA) is 81.9 Å². The molecule has 0 fully saturated rings. The molecule has 0 saturated carbocycles. The molecule has 0 saturated heterocycles. The Labute approximate surface area is 151 Å². The van der Waals surface area contributed by atoms with Gasteiger partial charge in [-0.2, -0.15) is 13.2 Å². The number of hydrogen-bond acceptors (Lipinski definition) is 5. The number of nitrogens with one attached hydrogen (secondary N) is 1. The molecule has 140 valence electrons. The number of rotatable bonds is 5. The number of carbonyl (C=O) groups is 1. The predicted molar refractivity (Wildman–Crippen MR) is 89.5 cm³/mol. The maximum absolute atomic E-state index is 12.7. The Morgan fingerprint density at radius 3 is 2.74 bits per heavy atom. The van der Waals surface area contributed by atoms with Crippen molar-refractivity contribution in [1.29, 1.82) is 0 Å². The molecule has 0 atom stereocenters. The van der Waals surface area contributed by atoms with Crippen LogP contribution < -0.4 is 10.1 Å². The fourth-order valence-corrected chi connectivity index (χ4v) is 2.26. The van der Waals surface area contributed by atoms with E-state index in [-0.39, 0.29) is 11.6 Å². The normalized spacial score (nSPS) is 11.3. The molecule has 3 aromatic rings. The van der Waals surface area contributed by atoms with E-state index in [0.29, 0.717) is 11.6 Å². The summed E-state index contributed by atoms with van der Waals surface area (Å²) in [6, 6.07) is 5.84. The number of carbonyl (C=O) groups excluding carboxylic acids is 1. The first-order chi connectivity index (χ1) is 12.8. The Morgan fingerprint density at radius 1 is 1.22 bits per heavy atom. The average Bonchev–Trinajstić information content (AvgIpc) is 3.06. The molecular weight excluding hydrogens is 363 g/mol. The minimum absolute atomic E-state index is 0.0580. The average molecular weight is 377 g/mol. The van der Waals surface area contributed by atoms with Gasteiger partial charge in [0.25, 0.3) is 5.91 Å². The van der Waals surface area contributed by atoms with Crippen LogP contribution in [-0.2, 0) is 11.0 Å². The van der Waals surface area contributed by atoms with Gasteiger partial charge in [0.15, 0.2) is 6.61 Å². The summed E-state index contributed by atoms with van der Waals surface area (Å²) in [5.74, 6) is 0.815. The first-order valence-corrected chi connectivity index (χ1v) is 7.75. The Hall–Kier alpha value is -3.43. The molecular formula is C17H14F3N5O2. The van der Waals surface area contributed by atoms with Gasteiger partial charge in [0.2, 0.25) is 0 Å². The number of hydrogen-bond donors (Lipinski definition) is 1. The van der Waals surface area contributed by atoms with Gasteiger partial charge in [-0.25, -0.2) is 15.0 Å². The number of halogens is 3. The summed E-state index contributed by atoms with van der Waals surface area (Å²) in [5, 5.41) is 2.51. The molecule has 3 rings (SSSR count). The molecule has 0 aliphatic carbocycles. The molecule has 0 bridgehead atoms. The molecule has 10 heteroatoms. The second-order valence-corrected chi connectivity index (χ2v) is 5.47. The van der Waals surface area contributed by atoms with Gasteiger partial charge in [-0.15, -0.1) is 0 Å². The van der Waals surface area contributed by atoms with Gasteiger partial charge < -0.3 is 10.1 Å². The lowest BCUT2D eigenvalue weighted by Crippen LogP contribution is -2.21. The molecule has 1 amide bonds. The van der Waals surface area contributed by atoms with Crippen LogP contribution in [-0.4, -0.2) is 32.0 Å². The molecule has 1 N–H and O–H groups in total. The number of anilines is 1. The molecule has 0 radical (unpaired) electrons. The van der Waals surface area contributed by atoms with Crippen molar-refractivity contribution in [2.24, 2.45) is 0 Å². The third-order valence-electron chi connectivity index (χ3n) is 3.52. The maximum atomic E-state index is 12.7. The van der Waals surface area contributed by atoms with Crippen molar-refractivity contribution in [2.45, 2.75) is 13.1 Å². The number of ether oxygens (including phenoxy) is 1. The summed E-state index contributed by atoms with van der Waals surface area (Å²) >= 11 is 0. The van der Waals surface area contributed by atoms with Crippen molar-refractivity contribution in [3.8, 4) is 11.6 Å². The summed E-state index contributed by atoms with van der Waals surface area (Å²) in [6.45, 7) is 1.33. The van der Waals surface area contributed by atoms with Gasteiger partial charge in [0.05, 0.1) is 5.56 Å². The van der Waals surface area contributed by atoms with Crippen LogP contribution >= 0.6 is 0 Å². The van der Waals surface area contributed by atoms with Crippen LogP contribution in [0.4, 0.5) is 19.0 Å². The van der Waals surface area contributed by atoms with Gasteiger partial charge in [0, 0.05) is 18.5 Å². The highest BCUT2D eigenvalue weighted by atomic mass is 19.4. The largest absolute Gasteiger partial charge is 0.484 e. The first-order valence-electron chi connectivity index (χ1n) is 7.75. The van der Waals surface area contributed by atoms with Gasteiger partial charge >= 0.3 is 6.18 Å². The van der Waals surface area contributed by atoms with E-state index in [4.69, 9.17) is 4.74 Å². The van der Waals surface area contributed by atoms with Crippen molar-refractivity contribution in [1.82, 2.24) is 19.5 Å². The second kappa shape index (κ2) is 7.44. The number of nitrogens with zero attached hydrogens (tertiary/aromatic N) is 4. The van der Waals surface area contributed by atoms with Crippen LogP contribution in [0.1, 0.15) is 11.4 Å². The highest BCUT2D eigenvalue weighted by Crippen LogP contribution is 2.31. The Kier molecular flexibility index (Phi) is 5.06. The maximum Gasteiger partial charge on any atom is 0.416 e. The van der Waals surface area contributed by atoms with Gasteiger partial charge in [0.1, 0.15) is 29.5 Å². The van der Waals surface area contributed by atoms with Gasteiger partial charge in [-0.3, -0.25) is 9.36 Å². The number of imidazole rings is 1. The van der Waals surface area contributed by atoms with E-state index < -0.39 is 24.3 Å². The summed E-state index contributed by atoms with van der Waals surface area (Å²) in [5.41, 5.74) is -0.850. The Bertz CT molecular complexity index is 955. The van der Waals surface area contributed by atoms with E-state index in [0.717, 1.165) is 12.1 Å². The summed E-state index contributed by atoms with van der Waals surface area (Å²) < 4.78 is 44.9. The molecule has 7 nitrogen and oxygen atoms in total. The van der Waals surface area contributed by atoms with Gasteiger partial charge in [-0.05, 0) is 25.1 Å². The minimum Gasteiger partial charge on any atom is -0.484 e. The molecule has 0 aliphatic heterocycles. The fraction of sp³-hybridized carbons (Fsp3) is 0.176. The fourth-order valence-electron chi connectivity index (χ4n) is 2.26. The summed E-state index contributed by atoms with van der Waals surface area (Å²) in [7, 11) is 0. The lowest BCUT2D eigenvalue weighted by molar-refractivity contribution is -0.137. The second-order valence-electron chi connectivity index (χ2n) is 5.47. The third-order valence-corrected chi connectivity index (χ3v) is 3.52. The Balaban J connectivity index is 1.63. The van der Waals surface area contributed by atoms with E-state index in [2.05, 4.69) is 20.3 Å². The molecule has 0 spiro atoms. The quantitative estimate of drug-likeness (QED) is 0.739. The highest BCUT2D eigenvalue weighted by Gasteiger charge is 2.30. The smallest absolute Gasteiger partial charge is 0.416 e. The first kappa shape index (κ1) is 18.4. The number of amides is 1. The van der Waals surface area contributed by atoms with Crippen LogP contribution in [0.25, 0.3) is 5.82 Å². The molecule has 2 heterocycles. The summed E-state index contributed by atoms with van der Waals surface area (Å²) in [6.07, 6.45) is 0.112. The van der Waals surface area contributed by atoms with E-state index in [1.54, 1.807) is 23.9 Å². The van der Waals surface area contributed by atoms with E-state index in [1.165, 1.54) is 24.5 Å². The van der Waals surface area contributed by atoms with Gasteiger partial charge in [-0.1, -0.05) is 6.07 Å². The van der Waals surface area contributed by atoms with Crippen molar-refractivity contribution >= 4 is 11.7 Å². The van der Waals surface area contributed by atoms with E-state index >= 15 is 0 Å². The zero-order valence-electron chi connectivity index (χ0n) is 14.1. The van der Waals surface area contributed by atoms with Crippen LogP contribution in [0.15, 0.2) is 49.1 Å². The standard InChI is InChI=1S/C17H14F3N5O2/c1-11-21-5-6-25(11)15-8-14(22-10-23-15)24-16(26)9-27-13-4-2-3-12(7-13)17(18,19)20/h2-8,10H,9H2,1H3,(H,22,23,24,26). The number of alkyl halides is 3.